The van der Waals surface area contributed by atoms with Crippen molar-refractivity contribution in [2.24, 2.45) is 0 Å². The normalized spacial score (nSPS) is 23.6. The van der Waals surface area contributed by atoms with Gasteiger partial charge in [0.05, 0.1) is 5.56 Å². The number of aromatic carboxylic acids is 1. The Labute approximate surface area is 172 Å². The van der Waals surface area contributed by atoms with Gasteiger partial charge >= 0.3 is 5.97 Å². The molecule has 0 aromatic heterocycles. The summed E-state index contributed by atoms with van der Waals surface area (Å²) in [4.78, 5) is 11.3. The van der Waals surface area contributed by atoms with Crippen LogP contribution < -0.4 is 0 Å². The number of hydrogen-bond donors (Lipinski definition) is 1. The Morgan fingerprint density at radius 2 is 1.45 bits per heavy atom. The maximum Gasteiger partial charge on any atom is 0.335 e. The lowest BCUT2D eigenvalue weighted by molar-refractivity contribution is 0.0697. The second-order valence-corrected chi connectivity index (χ2v) is 8.02. The molecule has 1 aliphatic rings. The van der Waals surface area contributed by atoms with E-state index in [0.717, 1.165) is 31.2 Å². The molecule has 0 unspecified atom stereocenters. The van der Waals surface area contributed by atoms with Crippen molar-refractivity contribution in [3.05, 3.63) is 120 Å². The van der Waals surface area contributed by atoms with E-state index in [1.165, 1.54) is 11.1 Å². The molecule has 0 saturated heterocycles. The van der Waals surface area contributed by atoms with Crippen LogP contribution in [-0.2, 0) is 17.3 Å². The fourth-order valence-corrected chi connectivity index (χ4v) is 5.32. The SMILES string of the molecule is C=C[C@@]1(c2ccccc2)CCC[C@@]1(Cc1ccc(C(=O)O)cc1)c1ccccc1. The van der Waals surface area contributed by atoms with Crippen LogP contribution in [0.3, 0.4) is 0 Å². The smallest absolute Gasteiger partial charge is 0.335 e. The van der Waals surface area contributed by atoms with Crippen LogP contribution in [0.4, 0.5) is 0 Å². The van der Waals surface area contributed by atoms with Crippen LogP contribution in [0.5, 0.6) is 0 Å². The van der Waals surface area contributed by atoms with Gasteiger partial charge in [-0.05, 0) is 48.1 Å². The third-order valence-corrected chi connectivity index (χ3v) is 6.70. The molecule has 146 valence electrons. The first-order valence-corrected chi connectivity index (χ1v) is 10.2. The van der Waals surface area contributed by atoms with E-state index in [0.29, 0.717) is 5.56 Å². The minimum absolute atomic E-state index is 0.123. The van der Waals surface area contributed by atoms with Gasteiger partial charge in [0, 0.05) is 10.8 Å². The molecule has 0 aliphatic heterocycles. The minimum atomic E-state index is -0.889. The van der Waals surface area contributed by atoms with Crippen LogP contribution in [0.1, 0.15) is 46.3 Å². The van der Waals surface area contributed by atoms with Crippen molar-refractivity contribution in [3.63, 3.8) is 0 Å². The van der Waals surface area contributed by atoms with Crippen molar-refractivity contribution in [3.8, 4) is 0 Å². The zero-order valence-corrected chi connectivity index (χ0v) is 16.6. The quantitative estimate of drug-likeness (QED) is 0.517. The molecule has 1 saturated carbocycles. The van der Waals surface area contributed by atoms with Gasteiger partial charge in [-0.3, -0.25) is 0 Å². The number of carboxylic acids is 1. The van der Waals surface area contributed by atoms with E-state index in [-0.39, 0.29) is 10.8 Å². The predicted molar refractivity (Wildman–Crippen MR) is 117 cm³/mol. The van der Waals surface area contributed by atoms with Gasteiger partial charge in [0.2, 0.25) is 0 Å². The standard InChI is InChI=1S/C27H26O2/c1-2-26(23-10-5-3-6-11-23)18-9-19-27(26,24-12-7-4-8-13-24)20-21-14-16-22(17-15-21)25(28)29/h2-8,10-17H,1,9,18-20H2,(H,28,29)/t26-,27+/m0/s1. The van der Waals surface area contributed by atoms with Gasteiger partial charge in [-0.15, -0.1) is 6.58 Å². The summed E-state index contributed by atoms with van der Waals surface area (Å²) in [6.45, 7) is 4.31. The summed E-state index contributed by atoms with van der Waals surface area (Å²) in [7, 11) is 0. The van der Waals surface area contributed by atoms with Crippen molar-refractivity contribution in [2.45, 2.75) is 36.5 Å². The van der Waals surface area contributed by atoms with Crippen LogP contribution in [0.15, 0.2) is 97.6 Å². The van der Waals surface area contributed by atoms with E-state index in [1.807, 2.05) is 12.1 Å². The fourth-order valence-electron chi connectivity index (χ4n) is 5.32. The molecule has 1 N–H and O–H groups in total. The third-order valence-electron chi connectivity index (χ3n) is 6.70. The van der Waals surface area contributed by atoms with Crippen LogP contribution in [-0.4, -0.2) is 11.1 Å². The van der Waals surface area contributed by atoms with E-state index in [2.05, 4.69) is 73.3 Å². The van der Waals surface area contributed by atoms with Crippen molar-refractivity contribution < 1.29 is 9.90 Å². The number of rotatable bonds is 6. The molecule has 3 aromatic rings. The largest absolute Gasteiger partial charge is 0.478 e. The van der Waals surface area contributed by atoms with E-state index < -0.39 is 5.97 Å². The van der Waals surface area contributed by atoms with Gasteiger partial charge in [-0.1, -0.05) is 85.3 Å². The average molecular weight is 383 g/mol. The molecule has 29 heavy (non-hydrogen) atoms. The van der Waals surface area contributed by atoms with Crippen molar-refractivity contribution in [1.29, 1.82) is 0 Å². The lowest BCUT2D eigenvalue weighted by atomic mass is 9.56. The second-order valence-electron chi connectivity index (χ2n) is 8.02. The summed E-state index contributed by atoms with van der Waals surface area (Å²) >= 11 is 0. The maximum absolute atomic E-state index is 11.3. The zero-order chi connectivity index (χ0) is 20.3. The van der Waals surface area contributed by atoms with Gasteiger partial charge in [0.25, 0.3) is 0 Å². The molecule has 0 heterocycles. The topological polar surface area (TPSA) is 37.3 Å². The van der Waals surface area contributed by atoms with Crippen molar-refractivity contribution in [2.75, 3.05) is 0 Å². The summed E-state index contributed by atoms with van der Waals surface area (Å²) < 4.78 is 0. The van der Waals surface area contributed by atoms with E-state index in [4.69, 9.17) is 0 Å². The molecular weight excluding hydrogens is 356 g/mol. The van der Waals surface area contributed by atoms with E-state index in [9.17, 15) is 9.90 Å². The number of allylic oxidation sites excluding steroid dienone is 1. The van der Waals surface area contributed by atoms with E-state index in [1.54, 1.807) is 12.1 Å². The lowest BCUT2D eigenvalue weighted by Crippen LogP contribution is -2.45. The van der Waals surface area contributed by atoms with Crippen LogP contribution >= 0.6 is 0 Å². The van der Waals surface area contributed by atoms with Crippen LogP contribution in [0.2, 0.25) is 0 Å². The summed E-state index contributed by atoms with van der Waals surface area (Å²) in [5.41, 5.74) is 3.82. The first kappa shape index (κ1) is 19.2. The fraction of sp³-hybridized carbons (Fsp3) is 0.222. The molecule has 2 heteroatoms. The molecule has 0 bridgehead atoms. The first-order valence-electron chi connectivity index (χ1n) is 10.2. The predicted octanol–water partition coefficient (Wildman–Crippen LogP) is 6.17. The Balaban J connectivity index is 1.87. The van der Waals surface area contributed by atoms with Crippen molar-refractivity contribution in [1.82, 2.24) is 0 Å². The third kappa shape index (κ3) is 3.19. The van der Waals surface area contributed by atoms with Gasteiger partial charge in [-0.2, -0.15) is 0 Å². The van der Waals surface area contributed by atoms with Gasteiger partial charge in [0.1, 0.15) is 0 Å². The summed E-state index contributed by atoms with van der Waals surface area (Å²) in [6.07, 6.45) is 6.26. The highest BCUT2D eigenvalue weighted by Crippen LogP contribution is 2.58. The van der Waals surface area contributed by atoms with Gasteiger partial charge in [-0.25, -0.2) is 4.79 Å². The highest BCUT2D eigenvalue weighted by molar-refractivity contribution is 5.87. The number of benzene rings is 3. The summed E-state index contributed by atoms with van der Waals surface area (Å²) in [5, 5.41) is 9.25. The summed E-state index contributed by atoms with van der Waals surface area (Å²) in [6, 6.07) is 28.8. The Hall–Kier alpha value is -3.13. The first-order chi connectivity index (χ1) is 14.1. The molecule has 4 rings (SSSR count). The van der Waals surface area contributed by atoms with Gasteiger partial charge in [0.15, 0.2) is 0 Å². The molecule has 2 atom stereocenters. The highest BCUT2D eigenvalue weighted by atomic mass is 16.4. The molecular formula is C27H26O2. The Morgan fingerprint density at radius 3 is 2.00 bits per heavy atom. The van der Waals surface area contributed by atoms with Crippen LogP contribution in [0.25, 0.3) is 0 Å². The Kier molecular flexibility index (Phi) is 5.10. The molecule has 1 fully saturated rings. The molecule has 1 aliphatic carbocycles. The molecule has 0 spiro atoms. The molecule has 0 radical (unpaired) electrons. The molecule has 0 amide bonds. The van der Waals surface area contributed by atoms with Crippen LogP contribution in [0, 0.1) is 0 Å². The Bertz CT molecular complexity index is 992. The second kappa shape index (κ2) is 7.71. The molecule has 3 aromatic carbocycles. The highest BCUT2D eigenvalue weighted by Gasteiger charge is 2.54. The van der Waals surface area contributed by atoms with Crippen molar-refractivity contribution >= 4 is 5.97 Å². The molecule has 2 nitrogen and oxygen atoms in total. The lowest BCUT2D eigenvalue weighted by Gasteiger charge is -2.46. The van der Waals surface area contributed by atoms with E-state index >= 15 is 0 Å². The zero-order valence-electron chi connectivity index (χ0n) is 16.6. The van der Waals surface area contributed by atoms with Gasteiger partial charge < -0.3 is 5.11 Å². The monoisotopic (exact) mass is 382 g/mol. The Morgan fingerprint density at radius 1 is 0.862 bits per heavy atom. The maximum atomic E-state index is 11.3. The number of carboxylic acid groups (broad SMARTS) is 1. The average Bonchev–Trinajstić information content (AvgIpc) is 3.15. The number of carbonyl (C=O) groups is 1. The summed E-state index contributed by atoms with van der Waals surface area (Å²) in [5.74, 6) is -0.889. The minimum Gasteiger partial charge on any atom is -0.478 e. The number of hydrogen-bond acceptors (Lipinski definition) is 1.